The van der Waals surface area contributed by atoms with Gasteiger partial charge < -0.3 is 19.5 Å². The lowest BCUT2D eigenvalue weighted by molar-refractivity contribution is -0.439. The average Bonchev–Trinajstić information content (AvgIpc) is 3.38. The minimum atomic E-state index is -4.61. The number of aliphatic carboxylic acids is 1. The summed E-state index contributed by atoms with van der Waals surface area (Å²) in [6.07, 6.45) is 9.03. The van der Waals surface area contributed by atoms with Gasteiger partial charge in [0, 0.05) is 68.2 Å². The van der Waals surface area contributed by atoms with Crippen molar-refractivity contribution < 1.29 is 71.3 Å². The van der Waals surface area contributed by atoms with Gasteiger partial charge in [-0.2, -0.15) is 29.8 Å². The molecular weight excluding hydrogens is 879 g/mol. The molecule has 0 fully saturated rings. The van der Waals surface area contributed by atoms with Crippen LogP contribution in [-0.4, -0.2) is 128 Å². The molecular formula is C39H58N3O15S4+. The summed E-state index contributed by atoms with van der Waals surface area (Å²) in [5.74, 6) is -2.39. The number of carboxylic acid groups (broad SMARTS) is 1. The van der Waals surface area contributed by atoms with Crippen molar-refractivity contribution in [1.29, 1.82) is 0 Å². The molecule has 0 saturated heterocycles. The first-order valence-electron chi connectivity index (χ1n) is 19.6. The van der Waals surface area contributed by atoms with E-state index >= 15 is 0 Å². The van der Waals surface area contributed by atoms with Crippen LogP contribution in [0, 0.1) is 0 Å². The summed E-state index contributed by atoms with van der Waals surface area (Å²) >= 11 is 0. The first-order chi connectivity index (χ1) is 28.4. The second kappa shape index (κ2) is 22.7. The fourth-order valence-corrected chi connectivity index (χ4v) is 9.83. The molecule has 1 aliphatic heterocycles. The molecule has 5 N–H and O–H groups in total. The predicted octanol–water partition coefficient (Wildman–Crippen LogP) is 4.52. The first kappa shape index (κ1) is 51.8. The lowest BCUT2D eigenvalue weighted by Gasteiger charge is -2.30. The van der Waals surface area contributed by atoms with Gasteiger partial charge in [0.05, 0.1) is 27.9 Å². The summed E-state index contributed by atoms with van der Waals surface area (Å²) in [7, 11) is -14.2. The third-order valence-corrected chi connectivity index (χ3v) is 14.2. The summed E-state index contributed by atoms with van der Waals surface area (Å²) < 4.78 is 141. The third-order valence-electron chi connectivity index (χ3n) is 10.3. The monoisotopic (exact) mass is 936 g/mol. The number of ether oxygens (including phenoxy) is 2. The second-order valence-corrected chi connectivity index (χ2v) is 21.3. The number of methoxy groups -OCH3 is 2. The Morgan fingerprint density at radius 2 is 1.51 bits per heavy atom. The van der Waals surface area contributed by atoms with Crippen LogP contribution in [0.4, 0.5) is 11.4 Å². The number of hydrogen-bond acceptors (Lipinski definition) is 12. The van der Waals surface area contributed by atoms with E-state index in [1.165, 1.54) is 38.5 Å². The molecule has 2 atom stereocenters. The van der Waals surface area contributed by atoms with Crippen LogP contribution in [0.3, 0.4) is 0 Å². The highest BCUT2D eigenvalue weighted by Crippen LogP contribution is 2.51. The van der Waals surface area contributed by atoms with Crippen molar-refractivity contribution >= 4 is 63.9 Å². The minimum absolute atomic E-state index is 0.00827. The number of allylic oxidation sites excluding steroid dienone is 4. The molecule has 0 aromatic heterocycles. The van der Waals surface area contributed by atoms with Gasteiger partial charge in [-0.05, 0) is 93.3 Å². The van der Waals surface area contributed by atoms with E-state index in [2.05, 4.69) is 4.72 Å². The fraction of sp³-hybridized carbons (Fsp3) is 0.538. The molecule has 0 saturated carbocycles. The van der Waals surface area contributed by atoms with Crippen LogP contribution >= 0.6 is 0 Å². The maximum Gasteiger partial charge on any atom is 0.303 e. The second-order valence-electron chi connectivity index (χ2n) is 14.9. The summed E-state index contributed by atoms with van der Waals surface area (Å²) in [5, 5.41) is 9.17. The zero-order valence-corrected chi connectivity index (χ0v) is 38.0. The van der Waals surface area contributed by atoms with Gasteiger partial charge in [-0.1, -0.05) is 19.4 Å². The van der Waals surface area contributed by atoms with Crippen molar-refractivity contribution in [2.24, 2.45) is 0 Å². The van der Waals surface area contributed by atoms with Crippen molar-refractivity contribution in [2.45, 2.75) is 86.3 Å². The van der Waals surface area contributed by atoms with E-state index in [0.29, 0.717) is 54.0 Å². The topological polar surface area (TPSA) is 271 Å². The van der Waals surface area contributed by atoms with Gasteiger partial charge in [-0.15, -0.1) is 0 Å². The number of unbranched alkanes of at least 4 members (excludes halogenated alkanes) is 2. The quantitative estimate of drug-likeness (QED) is 0.0357. The third kappa shape index (κ3) is 15.9. The van der Waals surface area contributed by atoms with Crippen LogP contribution in [-0.2, 0) is 60.1 Å². The Balaban J connectivity index is 2.21. The van der Waals surface area contributed by atoms with E-state index < -0.39 is 69.2 Å². The molecule has 61 heavy (non-hydrogen) atoms. The van der Waals surface area contributed by atoms with Crippen molar-refractivity contribution in [3.05, 3.63) is 71.5 Å². The van der Waals surface area contributed by atoms with Crippen molar-refractivity contribution in [3.8, 4) is 0 Å². The van der Waals surface area contributed by atoms with Crippen LogP contribution in [0.1, 0.15) is 82.3 Å². The normalized spacial score (nSPS) is 17.7. The van der Waals surface area contributed by atoms with Gasteiger partial charge >= 0.3 is 5.97 Å². The van der Waals surface area contributed by atoms with Crippen LogP contribution in [0.15, 0.2) is 70.1 Å². The zero-order valence-electron chi connectivity index (χ0n) is 34.8. The molecule has 0 spiro atoms. The molecule has 18 nitrogen and oxygen atoms in total. The molecule has 0 radical (unpaired) electrons. The minimum Gasteiger partial charge on any atom is -0.481 e. The Hall–Kier alpha value is -3.58. The van der Waals surface area contributed by atoms with Crippen LogP contribution in [0.5, 0.6) is 0 Å². The van der Waals surface area contributed by atoms with E-state index in [1.807, 2.05) is 11.8 Å². The predicted molar refractivity (Wildman–Crippen MR) is 230 cm³/mol. The highest BCUT2D eigenvalue weighted by Gasteiger charge is 2.43. The summed E-state index contributed by atoms with van der Waals surface area (Å²) in [6.45, 7) is 4.68. The number of fused-ring (bicyclic) bond motifs is 1. The number of rotatable bonds is 27. The highest BCUT2D eigenvalue weighted by molar-refractivity contribution is 7.89. The number of hydrogen-bond donors (Lipinski definition) is 5. The lowest BCUT2D eigenvalue weighted by atomic mass is 9.77. The number of carboxylic acids is 1. The highest BCUT2D eigenvalue weighted by atomic mass is 32.2. The molecule has 1 aliphatic rings. The largest absolute Gasteiger partial charge is 0.481 e. The number of nitrogens with one attached hydrogen (secondary N) is 1. The van der Waals surface area contributed by atoms with Crippen molar-refractivity contribution in [3.63, 3.8) is 0 Å². The van der Waals surface area contributed by atoms with E-state index in [4.69, 9.17) is 14.6 Å². The summed E-state index contributed by atoms with van der Waals surface area (Å²) in [4.78, 5) is 12.8. The van der Waals surface area contributed by atoms with E-state index in [-0.39, 0.29) is 68.2 Å². The zero-order chi connectivity index (χ0) is 45.6. The molecule has 3 rings (SSSR count). The molecule has 2 aromatic carbocycles. The van der Waals surface area contributed by atoms with E-state index in [9.17, 15) is 52.1 Å². The van der Waals surface area contributed by atoms with Crippen molar-refractivity contribution in [1.82, 2.24) is 4.72 Å². The average molecular weight is 937 g/mol. The number of anilines is 1. The molecule has 342 valence electrons. The van der Waals surface area contributed by atoms with Gasteiger partial charge in [0.2, 0.25) is 15.7 Å². The molecule has 0 aliphatic carbocycles. The van der Waals surface area contributed by atoms with Crippen LogP contribution < -0.4 is 9.62 Å². The standard InChI is InChI=1S/C39H57N3O15S4/c1-30(12-10-26-58(45,46)47)33-28-32(61(53,54)55)16-17-35(33)41(23-25-57-4)21-9-7-13-37-39(2,19-11-27-59(48,49)50)34-29-31(60(51,52)40-20-24-56-3)15-18-36(34)42(37)22-8-5-6-14-38(43)44/h7,9,13,15-18,21,28-30,40H,5-6,8,10-12,14,19-20,22-27H2,1-4H3,(H3-,43,44,45,46,47,48,49,50,53,54,55)/p+1. The summed E-state index contributed by atoms with van der Waals surface area (Å²) in [6, 6.07) is 8.76. The van der Waals surface area contributed by atoms with Crippen LogP contribution in [0.25, 0.3) is 0 Å². The Bertz CT molecular complexity index is 2380. The molecule has 2 aromatic rings. The maximum absolute atomic E-state index is 13.4. The van der Waals surface area contributed by atoms with Gasteiger partial charge in [-0.25, -0.2) is 13.1 Å². The fourth-order valence-electron chi connectivity index (χ4n) is 7.24. The number of benzene rings is 2. The Morgan fingerprint density at radius 1 is 0.852 bits per heavy atom. The SMILES string of the molecule is COCCNS(=O)(=O)c1ccc2c(c1)C(C)(CCCS(=O)(=O)O)C(=CC=CC=[N+](CCOC)c1ccc(S(=O)(=O)O)cc1C(C)CCCS(=O)(=O)O)N2CCCCCC(=O)O. The molecule has 0 bridgehead atoms. The number of sulfonamides is 1. The van der Waals surface area contributed by atoms with Gasteiger partial charge in [-0.3, -0.25) is 18.5 Å². The van der Waals surface area contributed by atoms with Gasteiger partial charge in [0.1, 0.15) is 6.61 Å². The summed E-state index contributed by atoms with van der Waals surface area (Å²) in [5.41, 5.74) is 1.95. The Labute approximate surface area is 359 Å². The number of nitrogens with zero attached hydrogens (tertiary/aromatic N) is 2. The van der Waals surface area contributed by atoms with E-state index in [1.54, 1.807) is 48.1 Å². The van der Waals surface area contributed by atoms with Gasteiger partial charge in [0.15, 0.2) is 12.8 Å². The number of carbonyl (C=O) groups is 1. The van der Waals surface area contributed by atoms with Crippen molar-refractivity contribution in [2.75, 3.05) is 63.5 Å². The van der Waals surface area contributed by atoms with Gasteiger partial charge in [0.25, 0.3) is 30.4 Å². The first-order valence-corrected chi connectivity index (χ1v) is 25.7. The smallest absolute Gasteiger partial charge is 0.303 e. The van der Waals surface area contributed by atoms with Crippen LogP contribution in [0.2, 0.25) is 0 Å². The molecule has 1 heterocycles. The molecule has 0 amide bonds. The lowest BCUT2D eigenvalue weighted by Crippen LogP contribution is -2.30. The van der Waals surface area contributed by atoms with E-state index in [0.717, 1.165) is 0 Å². The maximum atomic E-state index is 13.4. The molecule has 22 heteroatoms. The molecule has 2 unspecified atom stereocenters. The Morgan fingerprint density at radius 3 is 2.13 bits per heavy atom. The Kier molecular flexibility index (Phi) is 19.2.